The average molecular weight is 591 g/mol. The minimum Gasteiger partial charge on any atom is -0.414 e. The third-order valence-electron chi connectivity index (χ3n) is 8.04. The Morgan fingerprint density at radius 3 is 1.67 bits per heavy atom. The molecule has 2 aliphatic rings. The van der Waals surface area contributed by atoms with Crippen LogP contribution in [0, 0.1) is 0 Å². The second-order valence-electron chi connectivity index (χ2n) is 11.9. The fraction of sp³-hybridized carbons (Fsp3) is 0.600. The molecule has 0 aliphatic carbocycles. The van der Waals surface area contributed by atoms with E-state index in [2.05, 4.69) is 104 Å². The fourth-order valence-electron chi connectivity index (χ4n) is 5.93. The molecular weight excluding hydrogens is 543 g/mol. The molecule has 39 heavy (non-hydrogen) atoms. The lowest BCUT2D eigenvalue weighted by Crippen LogP contribution is -2.66. The molecule has 4 atom stereocenters. The maximum absolute atomic E-state index is 7.40. The fourth-order valence-corrected chi connectivity index (χ4v) is 19.0. The predicted octanol–water partition coefficient (Wildman–Crippen LogP) is 6.75. The summed E-state index contributed by atoms with van der Waals surface area (Å²) in [4.78, 5) is 0. The van der Waals surface area contributed by atoms with Crippen molar-refractivity contribution in [2.75, 3.05) is 13.7 Å². The highest BCUT2D eigenvalue weighted by Crippen LogP contribution is 2.49. The molecule has 2 fully saturated rings. The molecule has 2 saturated heterocycles. The normalized spacial score (nSPS) is 26.8. The number of rotatable bonds is 9. The van der Waals surface area contributed by atoms with Gasteiger partial charge in [0.15, 0.2) is 6.29 Å². The highest BCUT2D eigenvalue weighted by atomic mass is 31.1. The molecule has 0 saturated carbocycles. The molecule has 2 aromatic carbocycles. The van der Waals surface area contributed by atoms with E-state index in [9.17, 15) is 0 Å². The summed E-state index contributed by atoms with van der Waals surface area (Å²) in [6, 6.07) is 20.8. The number of fused-ring (bicyclic) bond motifs is 1. The third kappa shape index (κ3) is 6.15. The highest BCUT2D eigenvalue weighted by Gasteiger charge is 2.62. The van der Waals surface area contributed by atoms with E-state index in [-0.39, 0.29) is 34.4 Å². The summed E-state index contributed by atoms with van der Waals surface area (Å²) in [5.41, 5.74) is 0.989. The summed E-state index contributed by atoms with van der Waals surface area (Å²) in [7, 11) is -4.94. The van der Waals surface area contributed by atoms with Crippen molar-refractivity contribution in [1.82, 2.24) is 0 Å². The lowest BCUT2D eigenvalue weighted by molar-refractivity contribution is -0.147. The smallest absolute Gasteiger partial charge is 0.335 e. The molecule has 0 bridgehead atoms. The topological polar surface area (TPSA) is 55.4 Å². The Morgan fingerprint density at radius 2 is 1.23 bits per heavy atom. The van der Waals surface area contributed by atoms with E-state index in [0.717, 1.165) is 10.6 Å². The van der Waals surface area contributed by atoms with Gasteiger partial charge in [-0.25, -0.2) is 0 Å². The van der Waals surface area contributed by atoms with Crippen molar-refractivity contribution in [2.24, 2.45) is 0 Å². The molecule has 6 nitrogen and oxygen atoms in total. The van der Waals surface area contributed by atoms with Gasteiger partial charge in [-0.1, -0.05) is 116 Å². The van der Waals surface area contributed by atoms with Crippen LogP contribution in [-0.2, 0) is 27.0 Å². The van der Waals surface area contributed by atoms with Gasteiger partial charge in [0.2, 0.25) is 0 Å². The van der Waals surface area contributed by atoms with Crippen LogP contribution in [-0.4, -0.2) is 55.4 Å². The second kappa shape index (κ2) is 12.9. The molecule has 2 aliphatic heterocycles. The Labute approximate surface area is 239 Å². The van der Waals surface area contributed by atoms with Crippen molar-refractivity contribution in [1.29, 1.82) is 0 Å². The third-order valence-corrected chi connectivity index (χ3v) is 20.3. The average Bonchev–Trinajstić information content (AvgIpc) is 3.22. The molecule has 2 heterocycles. The maximum atomic E-state index is 7.40. The zero-order valence-electron chi connectivity index (χ0n) is 25.0. The van der Waals surface area contributed by atoms with E-state index in [0.29, 0.717) is 6.61 Å². The monoisotopic (exact) mass is 590 g/mol. The van der Waals surface area contributed by atoms with Gasteiger partial charge in [0.05, 0.1) is 14.8 Å². The van der Waals surface area contributed by atoms with E-state index in [4.69, 9.17) is 27.0 Å². The number of benzene rings is 2. The summed E-state index contributed by atoms with van der Waals surface area (Å²) in [6.45, 7) is 18.3. The van der Waals surface area contributed by atoms with Crippen LogP contribution >= 0.6 is 8.15 Å². The van der Waals surface area contributed by atoms with Gasteiger partial charge in [-0.2, -0.15) is 0 Å². The van der Waals surface area contributed by atoms with Crippen molar-refractivity contribution in [3.63, 3.8) is 0 Å². The van der Waals surface area contributed by atoms with Gasteiger partial charge in [-0.05, 0) is 22.2 Å². The minimum absolute atomic E-state index is 0.219. The number of hydrogen-bond acceptors (Lipinski definition) is 6. The Kier molecular flexibility index (Phi) is 10.3. The molecule has 0 aromatic heterocycles. The van der Waals surface area contributed by atoms with Gasteiger partial charge in [0, 0.05) is 17.7 Å². The van der Waals surface area contributed by atoms with Crippen LogP contribution < -0.4 is 10.6 Å². The summed E-state index contributed by atoms with van der Waals surface area (Å²) >= 11 is 0. The molecule has 0 amide bonds. The van der Waals surface area contributed by atoms with Crippen LogP contribution in [0.25, 0.3) is 0 Å². The van der Waals surface area contributed by atoms with Crippen LogP contribution in [0.15, 0.2) is 60.7 Å². The molecule has 0 spiro atoms. The van der Waals surface area contributed by atoms with Crippen molar-refractivity contribution < 1.29 is 27.0 Å². The van der Waals surface area contributed by atoms with Gasteiger partial charge in [-0.3, -0.25) is 0 Å². The molecule has 0 N–H and O–H groups in total. The molecule has 2 aromatic rings. The number of ether oxygens (including phenoxy) is 2. The van der Waals surface area contributed by atoms with E-state index >= 15 is 0 Å². The van der Waals surface area contributed by atoms with E-state index in [1.807, 2.05) is 12.1 Å². The van der Waals surface area contributed by atoms with Crippen molar-refractivity contribution in [3.8, 4) is 0 Å². The van der Waals surface area contributed by atoms with Crippen molar-refractivity contribution in [2.45, 2.75) is 102 Å². The molecule has 0 radical (unpaired) electrons. The van der Waals surface area contributed by atoms with E-state index in [1.165, 1.54) is 0 Å². The second-order valence-corrected chi connectivity index (χ2v) is 22.5. The molecule has 9 heteroatoms. The number of hydrogen-bond donors (Lipinski definition) is 0. The number of methoxy groups -OCH3 is 1. The summed E-state index contributed by atoms with van der Waals surface area (Å²) in [5.74, 6) is 0. The lowest BCUT2D eigenvalue weighted by Gasteiger charge is -2.51. The largest absolute Gasteiger partial charge is 0.414 e. The first-order valence-electron chi connectivity index (χ1n) is 14.3. The summed E-state index contributed by atoms with van der Waals surface area (Å²) in [6.07, 6.45) is -1.68. The Bertz CT molecular complexity index is 983. The molecule has 0 unspecified atom stereocenters. The van der Waals surface area contributed by atoms with Gasteiger partial charge in [0.25, 0.3) is 0 Å². The standard InChI is InChI=1S/C30H47O6PSi2/c1-21(2)38(22(3)4)32-20-27-28(35-39(36-38,23(5)6)24(7)8)29(30(31-9)33-27)34-37(25-16-12-10-13-17-25)26-18-14-11-15-19-26/h10-19,21-24,27-30H,20H2,1-9H3/t27-,28-,29-,30-/m1/s1. The Balaban J connectivity index is 1.77. The van der Waals surface area contributed by atoms with Gasteiger partial charge >= 0.3 is 17.1 Å². The first-order chi connectivity index (χ1) is 18.6. The van der Waals surface area contributed by atoms with Crippen molar-refractivity contribution in [3.05, 3.63) is 60.7 Å². The molecular formula is C30H47O6PSi2. The molecule has 4 rings (SSSR count). The van der Waals surface area contributed by atoms with Crippen LogP contribution in [0.1, 0.15) is 55.4 Å². The van der Waals surface area contributed by atoms with Crippen LogP contribution in [0.5, 0.6) is 0 Å². The Hall–Kier alpha value is -0.936. The van der Waals surface area contributed by atoms with Crippen LogP contribution in [0.2, 0.25) is 22.2 Å². The zero-order chi connectivity index (χ0) is 28.4. The highest BCUT2D eigenvalue weighted by molar-refractivity contribution is 7.68. The van der Waals surface area contributed by atoms with Crippen LogP contribution in [0.4, 0.5) is 0 Å². The van der Waals surface area contributed by atoms with Gasteiger partial charge in [0.1, 0.15) is 18.3 Å². The first-order valence-corrected chi connectivity index (χ1v) is 19.5. The first kappa shape index (κ1) is 31.0. The summed E-state index contributed by atoms with van der Waals surface area (Å²) < 4.78 is 41.2. The van der Waals surface area contributed by atoms with Crippen LogP contribution in [0.3, 0.4) is 0 Å². The van der Waals surface area contributed by atoms with Gasteiger partial charge in [-0.15, -0.1) is 0 Å². The van der Waals surface area contributed by atoms with E-state index in [1.54, 1.807) is 7.11 Å². The Morgan fingerprint density at radius 1 is 0.744 bits per heavy atom. The quantitative estimate of drug-likeness (QED) is 0.238. The van der Waals surface area contributed by atoms with E-state index < -0.39 is 37.7 Å². The summed E-state index contributed by atoms with van der Waals surface area (Å²) in [5, 5.41) is 2.27. The molecule has 216 valence electrons. The maximum Gasteiger partial charge on any atom is 0.335 e. The zero-order valence-corrected chi connectivity index (χ0v) is 27.9. The SMILES string of the molecule is CO[C@@H]1O[C@@H]2CO[Si](C(C)C)(C(C)C)O[Si](C(C)C)(C(C)C)O[C@H]2[C@H]1OP(c1ccccc1)c1ccccc1. The predicted molar refractivity (Wildman–Crippen MR) is 163 cm³/mol. The van der Waals surface area contributed by atoms with Gasteiger partial charge < -0.3 is 27.0 Å². The van der Waals surface area contributed by atoms with Crippen molar-refractivity contribution >= 4 is 35.9 Å². The lowest BCUT2D eigenvalue weighted by atomic mass is 10.1. The minimum atomic E-state index is -2.83.